The topological polar surface area (TPSA) is 85.4 Å². The molecule has 5 nitrogen and oxygen atoms in total. The molecule has 0 atom stereocenters. The highest BCUT2D eigenvalue weighted by molar-refractivity contribution is 6.29. The normalized spacial score (nSPS) is 10.9. The van der Waals surface area contributed by atoms with Crippen LogP contribution in [0.4, 0.5) is 0 Å². The van der Waals surface area contributed by atoms with Gasteiger partial charge in [-0.3, -0.25) is 14.6 Å². The van der Waals surface area contributed by atoms with E-state index in [1.54, 1.807) is 6.07 Å². The molecule has 0 aliphatic carbocycles. The maximum absolute atomic E-state index is 11.1. The van der Waals surface area contributed by atoms with E-state index in [2.05, 4.69) is 9.98 Å². The predicted molar refractivity (Wildman–Crippen MR) is 46.3 cm³/mol. The summed E-state index contributed by atoms with van der Waals surface area (Å²) in [4.78, 5) is 28.2. The molecule has 1 heterocycles. The molecule has 0 saturated heterocycles. The number of aliphatic imine (C=N–C) groups is 1. The van der Waals surface area contributed by atoms with Gasteiger partial charge in [-0.1, -0.05) is 0 Å². The molecule has 0 spiro atoms. The van der Waals surface area contributed by atoms with Crippen molar-refractivity contribution in [2.45, 2.75) is 0 Å². The van der Waals surface area contributed by atoms with Crippen LogP contribution in [0, 0.1) is 0 Å². The number of amides is 1. The van der Waals surface area contributed by atoms with E-state index in [0.29, 0.717) is 11.8 Å². The third-order valence-corrected chi connectivity index (χ3v) is 1.26. The van der Waals surface area contributed by atoms with Gasteiger partial charge in [0.15, 0.2) is 12.1 Å². The third kappa shape index (κ3) is 2.48. The molecular formula is C8H7N3O2. The van der Waals surface area contributed by atoms with Crippen LogP contribution in [0.5, 0.6) is 0 Å². The Morgan fingerprint density at radius 1 is 1.62 bits per heavy atom. The Morgan fingerprint density at radius 2 is 2.38 bits per heavy atom. The second-order valence-corrected chi connectivity index (χ2v) is 2.20. The number of hydrogen-bond donors (Lipinski definition) is 1. The zero-order chi connectivity index (χ0) is 9.68. The number of pyridine rings is 1. The lowest BCUT2D eigenvalue weighted by atomic mass is 10.3. The first-order chi connectivity index (χ1) is 6.24. The van der Waals surface area contributed by atoms with Crippen molar-refractivity contribution in [3.05, 3.63) is 30.1 Å². The Bertz CT molecular complexity index is 346. The van der Waals surface area contributed by atoms with Gasteiger partial charge in [-0.05, 0) is 12.1 Å². The third-order valence-electron chi connectivity index (χ3n) is 1.26. The van der Waals surface area contributed by atoms with Crippen LogP contribution in [0.3, 0.4) is 0 Å². The van der Waals surface area contributed by atoms with Gasteiger partial charge in [0.2, 0.25) is 0 Å². The Kier molecular flexibility index (Phi) is 2.86. The molecule has 0 aliphatic rings. The molecular weight excluding hydrogens is 170 g/mol. The van der Waals surface area contributed by atoms with Gasteiger partial charge in [0.1, 0.15) is 0 Å². The highest BCUT2D eigenvalue weighted by Crippen LogP contribution is 1.97. The zero-order valence-corrected chi connectivity index (χ0v) is 6.68. The van der Waals surface area contributed by atoms with Crippen LogP contribution in [0.2, 0.25) is 0 Å². The summed E-state index contributed by atoms with van der Waals surface area (Å²) in [6, 6.07) is 3.14. The molecule has 0 fully saturated rings. The maximum Gasteiger partial charge on any atom is 0.280 e. The average molecular weight is 177 g/mol. The van der Waals surface area contributed by atoms with Gasteiger partial charge in [0.05, 0.1) is 5.56 Å². The summed E-state index contributed by atoms with van der Waals surface area (Å²) in [6.07, 6.45) is 3.20. The van der Waals surface area contributed by atoms with Crippen molar-refractivity contribution >= 4 is 18.0 Å². The summed E-state index contributed by atoms with van der Waals surface area (Å²) in [6.45, 7) is 0. The van der Waals surface area contributed by atoms with Crippen LogP contribution in [-0.4, -0.2) is 23.0 Å². The van der Waals surface area contributed by atoms with Crippen molar-refractivity contribution in [3.8, 4) is 0 Å². The van der Waals surface area contributed by atoms with Crippen LogP contribution >= 0.6 is 0 Å². The molecule has 0 radical (unpaired) electrons. The number of carbonyl (C=O) groups is 2. The van der Waals surface area contributed by atoms with Gasteiger partial charge in [-0.25, -0.2) is 0 Å². The minimum atomic E-state index is -0.572. The second-order valence-electron chi connectivity index (χ2n) is 2.20. The molecule has 1 rings (SSSR count). The van der Waals surface area contributed by atoms with Gasteiger partial charge in [-0.2, -0.15) is 4.99 Å². The lowest BCUT2D eigenvalue weighted by Crippen LogP contribution is -2.15. The number of hydrogen-bond acceptors (Lipinski definition) is 3. The maximum atomic E-state index is 11.1. The fourth-order valence-electron chi connectivity index (χ4n) is 0.697. The number of nitrogens with zero attached hydrogens (tertiary/aromatic N) is 2. The molecule has 13 heavy (non-hydrogen) atoms. The van der Waals surface area contributed by atoms with E-state index in [9.17, 15) is 9.59 Å². The van der Waals surface area contributed by atoms with E-state index >= 15 is 0 Å². The van der Waals surface area contributed by atoms with Gasteiger partial charge < -0.3 is 5.73 Å². The van der Waals surface area contributed by atoms with Crippen molar-refractivity contribution in [1.29, 1.82) is 0 Å². The second kappa shape index (κ2) is 4.10. The number of aromatic nitrogens is 1. The van der Waals surface area contributed by atoms with Crippen LogP contribution in [0.1, 0.15) is 10.4 Å². The quantitative estimate of drug-likeness (QED) is 0.384. The number of carbonyl (C=O) groups excluding carboxylic acids is 2. The molecule has 0 bridgehead atoms. The molecule has 5 heteroatoms. The fraction of sp³-hybridized carbons (Fsp3) is 0. The van der Waals surface area contributed by atoms with Gasteiger partial charge in [-0.15, -0.1) is 0 Å². The monoisotopic (exact) mass is 177 g/mol. The average Bonchev–Trinajstić information content (AvgIpc) is 2.19. The molecule has 0 saturated carbocycles. The Balaban J connectivity index is 2.87. The van der Waals surface area contributed by atoms with Crippen molar-refractivity contribution in [2.24, 2.45) is 10.7 Å². The number of rotatable bonds is 2. The smallest absolute Gasteiger partial charge is 0.280 e. The first kappa shape index (κ1) is 9.05. The molecule has 1 amide bonds. The molecule has 0 unspecified atom stereocenters. The fourth-order valence-corrected chi connectivity index (χ4v) is 0.697. The van der Waals surface area contributed by atoms with Crippen molar-refractivity contribution in [3.63, 3.8) is 0 Å². The van der Waals surface area contributed by atoms with E-state index < -0.39 is 5.91 Å². The standard InChI is InChI=1S/C8H7N3O2/c9-7(5-12)11-8(13)6-2-1-3-10-4-6/h1-5H,(H2,9,11,13). The van der Waals surface area contributed by atoms with Gasteiger partial charge in [0, 0.05) is 12.4 Å². The zero-order valence-electron chi connectivity index (χ0n) is 6.68. The van der Waals surface area contributed by atoms with Crippen LogP contribution in [0.15, 0.2) is 29.5 Å². The van der Waals surface area contributed by atoms with Crippen LogP contribution in [0.25, 0.3) is 0 Å². The summed E-state index contributed by atoms with van der Waals surface area (Å²) in [5, 5.41) is 0. The van der Waals surface area contributed by atoms with Crippen molar-refractivity contribution in [1.82, 2.24) is 4.98 Å². The number of nitrogens with two attached hydrogens (primary N) is 1. The largest absolute Gasteiger partial charge is 0.381 e. The number of amidine groups is 1. The SMILES string of the molecule is NC(C=O)=NC(=O)c1cccnc1. The summed E-state index contributed by atoms with van der Waals surface area (Å²) in [5.74, 6) is -0.911. The molecule has 2 N–H and O–H groups in total. The van der Waals surface area contributed by atoms with E-state index in [1.165, 1.54) is 18.5 Å². The Hall–Kier alpha value is -2.04. The molecule has 0 aromatic carbocycles. The first-order valence-corrected chi connectivity index (χ1v) is 3.47. The van der Waals surface area contributed by atoms with E-state index in [1.807, 2.05) is 0 Å². The summed E-state index contributed by atoms with van der Waals surface area (Å²) in [5.41, 5.74) is 5.35. The summed E-state index contributed by atoms with van der Waals surface area (Å²) >= 11 is 0. The highest BCUT2D eigenvalue weighted by atomic mass is 16.1. The van der Waals surface area contributed by atoms with E-state index in [0.717, 1.165) is 0 Å². The molecule has 1 aromatic rings. The molecule has 1 aromatic heterocycles. The summed E-state index contributed by atoms with van der Waals surface area (Å²) in [7, 11) is 0. The first-order valence-electron chi connectivity index (χ1n) is 3.47. The van der Waals surface area contributed by atoms with E-state index in [-0.39, 0.29) is 5.84 Å². The Labute approximate surface area is 74.3 Å². The van der Waals surface area contributed by atoms with Crippen molar-refractivity contribution in [2.75, 3.05) is 0 Å². The number of aldehydes is 1. The van der Waals surface area contributed by atoms with E-state index in [4.69, 9.17) is 5.73 Å². The lowest BCUT2D eigenvalue weighted by molar-refractivity contribution is -0.102. The molecule has 0 aliphatic heterocycles. The minimum Gasteiger partial charge on any atom is -0.381 e. The van der Waals surface area contributed by atoms with Crippen molar-refractivity contribution < 1.29 is 9.59 Å². The summed E-state index contributed by atoms with van der Waals surface area (Å²) < 4.78 is 0. The Morgan fingerprint density at radius 3 is 2.92 bits per heavy atom. The van der Waals surface area contributed by atoms with Gasteiger partial charge in [0.25, 0.3) is 5.91 Å². The highest BCUT2D eigenvalue weighted by Gasteiger charge is 2.03. The minimum absolute atomic E-state index is 0.298. The molecule has 66 valence electrons. The van der Waals surface area contributed by atoms with Crippen LogP contribution in [-0.2, 0) is 4.79 Å². The van der Waals surface area contributed by atoms with Crippen LogP contribution < -0.4 is 5.73 Å². The predicted octanol–water partition coefficient (Wildman–Crippen LogP) is -0.222. The van der Waals surface area contributed by atoms with Gasteiger partial charge >= 0.3 is 0 Å². The lowest BCUT2D eigenvalue weighted by Gasteiger charge is -1.92.